The van der Waals surface area contributed by atoms with Crippen molar-refractivity contribution in [2.45, 2.75) is 59.2 Å². The lowest BCUT2D eigenvalue weighted by molar-refractivity contribution is -0.138. The molecule has 4 heterocycles. The molecule has 40 heavy (non-hydrogen) atoms. The van der Waals surface area contributed by atoms with E-state index in [-0.39, 0.29) is 34.6 Å². The summed E-state index contributed by atoms with van der Waals surface area (Å²) in [6, 6.07) is 8.11. The van der Waals surface area contributed by atoms with Crippen molar-refractivity contribution >= 4 is 22.8 Å². The lowest BCUT2D eigenvalue weighted by Crippen LogP contribution is -2.38. The number of amides is 2. The number of imidazole rings is 1. The number of aromatic nitrogens is 2. The molecule has 0 radical (unpaired) electrons. The fourth-order valence-electron chi connectivity index (χ4n) is 6.12. The molecule has 6 rings (SSSR count). The van der Waals surface area contributed by atoms with Crippen LogP contribution in [0.4, 0.5) is 8.78 Å². The van der Waals surface area contributed by atoms with Gasteiger partial charge in [0.2, 0.25) is 5.91 Å². The van der Waals surface area contributed by atoms with E-state index in [1.807, 2.05) is 49.3 Å². The Morgan fingerprint density at radius 3 is 2.77 bits per heavy atom. The summed E-state index contributed by atoms with van der Waals surface area (Å²) in [6.07, 6.45) is 0.892. The molecule has 2 bridgehead atoms. The Labute approximate surface area is 236 Å². The molecule has 9 heteroatoms. The molecule has 1 aromatic heterocycles. The number of halogens is 2. The summed E-state index contributed by atoms with van der Waals surface area (Å²) in [4.78, 5) is 33.8. The summed E-state index contributed by atoms with van der Waals surface area (Å²) in [6.45, 7) is 3.00. The van der Waals surface area contributed by atoms with Crippen LogP contribution in [0.15, 0.2) is 36.4 Å². The van der Waals surface area contributed by atoms with Crippen molar-refractivity contribution in [2.24, 2.45) is 10.8 Å². The second-order valence-electron chi connectivity index (χ2n) is 12.1. The molecule has 3 aliphatic heterocycles. The quantitative estimate of drug-likeness (QED) is 0.402. The lowest BCUT2D eigenvalue weighted by atomic mass is 9.90. The maximum Gasteiger partial charge on any atom is 0.387 e. The van der Waals surface area contributed by atoms with Gasteiger partial charge in [-0.25, -0.2) is 4.98 Å². The number of ether oxygens (including phenoxy) is 1. The smallest absolute Gasteiger partial charge is 0.387 e. The van der Waals surface area contributed by atoms with Gasteiger partial charge in [-0.2, -0.15) is 8.78 Å². The van der Waals surface area contributed by atoms with Crippen LogP contribution in [0.5, 0.6) is 5.75 Å². The lowest BCUT2D eigenvalue weighted by Gasteiger charge is -2.26. The Morgan fingerprint density at radius 2 is 2.05 bits per heavy atom. The van der Waals surface area contributed by atoms with Crippen molar-refractivity contribution in [3.05, 3.63) is 58.9 Å². The van der Waals surface area contributed by atoms with Gasteiger partial charge in [0.1, 0.15) is 11.6 Å². The molecule has 1 unspecified atom stereocenters. The molecular formula is C31H32F2N4O3. The third-order valence-corrected chi connectivity index (χ3v) is 8.06. The molecule has 2 aromatic carbocycles. The first-order chi connectivity index (χ1) is 20.1. The van der Waals surface area contributed by atoms with E-state index in [2.05, 4.69) is 11.8 Å². The summed E-state index contributed by atoms with van der Waals surface area (Å²) in [5, 5.41) is 0. The van der Waals surface area contributed by atoms with Gasteiger partial charge in [0.15, 0.2) is 0 Å². The van der Waals surface area contributed by atoms with E-state index in [1.54, 1.807) is 6.07 Å². The summed E-state index contributed by atoms with van der Waals surface area (Å²) < 4.78 is 58.0. The van der Waals surface area contributed by atoms with Crippen molar-refractivity contribution in [2.75, 3.05) is 20.1 Å². The number of carbonyl (C=O) groups is 2. The maximum absolute atomic E-state index is 13.6. The predicted octanol–water partition coefficient (Wildman–Crippen LogP) is 5.39. The molecule has 1 saturated heterocycles. The topological polar surface area (TPSA) is 67.7 Å². The number of alkyl halides is 2. The van der Waals surface area contributed by atoms with Gasteiger partial charge >= 0.3 is 6.61 Å². The van der Waals surface area contributed by atoms with E-state index in [0.717, 1.165) is 11.3 Å². The molecule has 0 N–H and O–H groups in total. The highest BCUT2D eigenvalue weighted by Crippen LogP contribution is 2.50. The molecule has 7 nitrogen and oxygen atoms in total. The van der Waals surface area contributed by atoms with Crippen LogP contribution in [0, 0.1) is 22.7 Å². The summed E-state index contributed by atoms with van der Waals surface area (Å²) in [5.74, 6) is 6.13. The average Bonchev–Trinajstić information content (AvgIpc) is 3.55. The molecule has 0 aliphatic carbocycles. The Bertz CT molecular complexity index is 1720. The summed E-state index contributed by atoms with van der Waals surface area (Å²) in [5.41, 5.74) is 1.27. The van der Waals surface area contributed by atoms with Crippen LogP contribution in [0.3, 0.4) is 0 Å². The molecule has 3 atom stereocenters. The second-order valence-corrected chi connectivity index (χ2v) is 12.1. The van der Waals surface area contributed by atoms with E-state index >= 15 is 0 Å². The Morgan fingerprint density at radius 1 is 1.25 bits per heavy atom. The molecule has 3 aliphatic rings. The average molecular weight is 550 g/mol. The van der Waals surface area contributed by atoms with Crippen molar-refractivity contribution in [1.29, 1.82) is 0 Å². The zero-order chi connectivity index (χ0) is 31.1. The SMILES string of the molecule is [2H]C([2H])([2H])N1C(=O)c2cccc(OC(F)F)c2[C@H]2C[C@@H]1c1nc3ccc(C#CC4(C)CCN(C(=O)C(C)(C)C)C4)cc3n12. The van der Waals surface area contributed by atoms with Gasteiger partial charge in [-0.05, 0) is 43.7 Å². The van der Waals surface area contributed by atoms with Gasteiger partial charge in [-0.1, -0.05) is 38.7 Å². The Hall–Kier alpha value is -3.93. The van der Waals surface area contributed by atoms with Crippen LogP contribution in [0.1, 0.15) is 84.0 Å². The third-order valence-electron chi connectivity index (χ3n) is 8.06. The van der Waals surface area contributed by atoms with Crippen LogP contribution >= 0.6 is 0 Å². The number of hydrogen-bond acceptors (Lipinski definition) is 4. The van der Waals surface area contributed by atoms with Crippen molar-refractivity contribution in [1.82, 2.24) is 19.4 Å². The van der Waals surface area contributed by atoms with Crippen molar-refractivity contribution < 1.29 is 27.2 Å². The zero-order valence-electron chi connectivity index (χ0n) is 25.8. The highest BCUT2D eigenvalue weighted by molar-refractivity contribution is 5.98. The minimum atomic E-state index is -3.13. The van der Waals surface area contributed by atoms with Crippen LogP contribution < -0.4 is 4.74 Å². The number of hydrogen-bond donors (Lipinski definition) is 0. The number of rotatable bonds is 2. The minimum absolute atomic E-state index is 0.00809. The van der Waals surface area contributed by atoms with Gasteiger partial charge in [-0.3, -0.25) is 9.59 Å². The Balaban J connectivity index is 1.44. The van der Waals surface area contributed by atoms with Gasteiger partial charge in [-0.15, -0.1) is 0 Å². The molecular weight excluding hydrogens is 514 g/mol. The van der Waals surface area contributed by atoms with Crippen molar-refractivity contribution in [3.8, 4) is 17.6 Å². The minimum Gasteiger partial charge on any atom is -0.434 e. The molecule has 1 fully saturated rings. The fraction of sp³-hybridized carbons (Fsp3) is 0.452. The normalized spacial score (nSPS) is 25.1. The molecule has 3 aromatic rings. The van der Waals surface area contributed by atoms with Gasteiger partial charge in [0.05, 0.1) is 23.1 Å². The van der Waals surface area contributed by atoms with E-state index in [4.69, 9.17) is 13.8 Å². The first-order valence-electron chi connectivity index (χ1n) is 14.8. The standard InChI is InChI=1S/C31H32F2N4O3/c1-30(2,3)28(39)36-14-13-31(4,17-36)12-11-18-9-10-20-21(15-18)37-22-16-23(26(37)34-20)35(5)27(38)19-7-6-8-24(25(19)22)40-29(32)33/h6-10,15,22-23,29H,13-14,16-17H2,1-5H3/t22-,23-,31?/m1/s1/i5D3. The molecule has 208 valence electrons. The fourth-order valence-corrected chi connectivity index (χ4v) is 6.12. The van der Waals surface area contributed by atoms with Crippen LogP contribution in [0.2, 0.25) is 0 Å². The van der Waals surface area contributed by atoms with E-state index < -0.39 is 37.0 Å². The molecule has 2 amide bonds. The summed E-state index contributed by atoms with van der Waals surface area (Å²) >= 11 is 0. The van der Waals surface area contributed by atoms with Crippen LogP contribution in [-0.2, 0) is 4.79 Å². The number of nitrogens with zero attached hydrogens (tertiary/aromatic N) is 4. The van der Waals surface area contributed by atoms with Gasteiger partial charge in [0.25, 0.3) is 5.91 Å². The maximum atomic E-state index is 13.6. The first kappa shape index (κ1) is 22.8. The van der Waals surface area contributed by atoms with E-state index in [1.165, 1.54) is 18.2 Å². The largest absolute Gasteiger partial charge is 0.434 e. The zero-order valence-corrected chi connectivity index (χ0v) is 22.8. The van der Waals surface area contributed by atoms with Crippen LogP contribution in [0.25, 0.3) is 11.0 Å². The van der Waals surface area contributed by atoms with Crippen LogP contribution in [-0.4, -0.2) is 57.8 Å². The molecule has 0 saturated carbocycles. The highest BCUT2D eigenvalue weighted by atomic mass is 19.3. The molecule has 0 spiro atoms. The number of fused-ring (bicyclic) bond motifs is 9. The second kappa shape index (κ2) is 9.05. The van der Waals surface area contributed by atoms with E-state index in [0.29, 0.717) is 35.5 Å². The van der Waals surface area contributed by atoms with E-state index in [9.17, 15) is 18.4 Å². The Kier molecular flexibility index (Phi) is 5.17. The third kappa shape index (κ3) is 4.21. The van der Waals surface area contributed by atoms with Crippen molar-refractivity contribution in [3.63, 3.8) is 0 Å². The number of likely N-dealkylation sites (tertiary alicyclic amines) is 1. The number of benzene rings is 2. The predicted molar refractivity (Wildman–Crippen MR) is 146 cm³/mol. The van der Waals surface area contributed by atoms with Gasteiger partial charge in [0, 0.05) is 58.1 Å². The van der Waals surface area contributed by atoms with Gasteiger partial charge < -0.3 is 19.1 Å². The number of carbonyl (C=O) groups excluding carboxylic acids is 2. The monoisotopic (exact) mass is 549 g/mol. The first-order valence-corrected chi connectivity index (χ1v) is 13.3. The highest BCUT2D eigenvalue weighted by Gasteiger charge is 2.45. The summed E-state index contributed by atoms with van der Waals surface area (Å²) in [7, 11) is 0.